The molecule has 1 aliphatic heterocycles. The second kappa shape index (κ2) is 9.07. The molecule has 0 aromatic heterocycles. The summed E-state index contributed by atoms with van der Waals surface area (Å²) >= 11 is 1.91. The first-order chi connectivity index (χ1) is 12.2. The summed E-state index contributed by atoms with van der Waals surface area (Å²) in [6.45, 7) is 3.13. The molecule has 2 aromatic rings. The van der Waals surface area contributed by atoms with Crippen LogP contribution in [0.25, 0.3) is 0 Å². The zero-order valence-corrected chi connectivity index (χ0v) is 15.3. The Hall–Kier alpha value is -1.78. The van der Waals surface area contributed by atoms with Gasteiger partial charge in [-0.3, -0.25) is 4.79 Å². The summed E-state index contributed by atoms with van der Waals surface area (Å²) < 4.78 is 0. The molecule has 25 heavy (non-hydrogen) atoms. The molecule has 4 heteroatoms. The van der Waals surface area contributed by atoms with Gasteiger partial charge in [0.05, 0.1) is 5.92 Å². The lowest BCUT2D eigenvalue weighted by molar-refractivity contribution is -0.120. The maximum atomic E-state index is 12.0. The van der Waals surface area contributed by atoms with Gasteiger partial charge in [-0.1, -0.05) is 48.5 Å². The van der Waals surface area contributed by atoms with Gasteiger partial charge in [-0.05, 0) is 55.3 Å². The highest BCUT2D eigenvalue weighted by Gasteiger charge is 2.33. The largest absolute Gasteiger partial charge is 0.369 e. The van der Waals surface area contributed by atoms with Gasteiger partial charge in [-0.2, -0.15) is 0 Å². The molecule has 1 saturated heterocycles. The van der Waals surface area contributed by atoms with Gasteiger partial charge in [0.2, 0.25) is 5.91 Å². The number of hydrogen-bond donors (Lipinski definition) is 1. The van der Waals surface area contributed by atoms with Crippen LogP contribution in [0, 0.1) is 5.92 Å². The monoisotopic (exact) mass is 354 g/mol. The molecule has 3 rings (SSSR count). The highest BCUT2D eigenvalue weighted by molar-refractivity contribution is 7.99. The lowest BCUT2D eigenvalue weighted by Crippen LogP contribution is -2.30. The number of benzene rings is 2. The molecule has 1 heterocycles. The van der Waals surface area contributed by atoms with Crippen molar-refractivity contribution in [1.82, 2.24) is 4.90 Å². The molecule has 1 fully saturated rings. The lowest BCUT2D eigenvalue weighted by atomic mass is 9.85. The summed E-state index contributed by atoms with van der Waals surface area (Å²) in [5.41, 5.74) is 6.78. The van der Waals surface area contributed by atoms with E-state index < -0.39 is 0 Å². The van der Waals surface area contributed by atoms with Gasteiger partial charge in [0.25, 0.3) is 0 Å². The molecule has 0 aliphatic carbocycles. The van der Waals surface area contributed by atoms with Gasteiger partial charge in [0.1, 0.15) is 0 Å². The Kier molecular flexibility index (Phi) is 6.54. The van der Waals surface area contributed by atoms with E-state index in [4.69, 9.17) is 5.73 Å². The van der Waals surface area contributed by atoms with E-state index in [1.54, 1.807) is 0 Å². The van der Waals surface area contributed by atoms with Gasteiger partial charge in [0, 0.05) is 11.4 Å². The third kappa shape index (κ3) is 5.10. The Morgan fingerprint density at radius 2 is 1.80 bits per heavy atom. The summed E-state index contributed by atoms with van der Waals surface area (Å²) in [4.78, 5) is 15.8. The third-order valence-electron chi connectivity index (χ3n) is 4.88. The average Bonchev–Trinajstić information content (AvgIpc) is 3.09. The van der Waals surface area contributed by atoms with Crippen LogP contribution < -0.4 is 5.73 Å². The minimum Gasteiger partial charge on any atom is -0.369 e. The van der Waals surface area contributed by atoms with Crippen LogP contribution in [0.15, 0.2) is 65.6 Å². The molecule has 2 atom stereocenters. The highest BCUT2D eigenvalue weighted by Crippen LogP contribution is 2.32. The molecule has 1 unspecified atom stereocenters. The van der Waals surface area contributed by atoms with Crippen molar-refractivity contribution in [3.63, 3.8) is 0 Å². The Balaban J connectivity index is 1.46. The first kappa shape index (κ1) is 18.0. The van der Waals surface area contributed by atoms with Gasteiger partial charge in [0.15, 0.2) is 0 Å². The van der Waals surface area contributed by atoms with Crippen LogP contribution in [0.4, 0.5) is 0 Å². The Morgan fingerprint density at radius 1 is 1.12 bits per heavy atom. The van der Waals surface area contributed by atoms with Crippen molar-refractivity contribution in [1.29, 1.82) is 0 Å². The number of nitrogens with two attached hydrogens (primary N) is 1. The Morgan fingerprint density at radius 3 is 2.48 bits per heavy atom. The van der Waals surface area contributed by atoms with Crippen LogP contribution in [0.5, 0.6) is 0 Å². The fraction of sp³-hybridized carbons (Fsp3) is 0.381. The highest BCUT2D eigenvalue weighted by atomic mass is 32.2. The number of hydrogen-bond acceptors (Lipinski definition) is 3. The summed E-state index contributed by atoms with van der Waals surface area (Å²) in [6.07, 6.45) is 2.22. The zero-order chi connectivity index (χ0) is 17.5. The molecule has 3 nitrogen and oxygen atoms in total. The molecule has 2 aromatic carbocycles. The topological polar surface area (TPSA) is 46.3 Å². The van der Waals surface area contributed by atoms with Crippen molar-refractivity contribution in [3.8, 4) is 0 Å². The van der Waals surface area contributed by atoms with E-state index >= 15 is 0 Å². The average molecular weight is 355 g/mol. The molecule has 1 amide bonds. The fourth-order valence-corrected chi connectivity index (χ4v) is 4.52. The van der Waals surface area contributed by atoms with Gasteiger partial charge in [-0.25, -0.2) is 0 Å². The molecule has 0 bridgehead atoms. The number of amides is 1. The molecular formula is C21H26N2OS. The van der Waals surface area contributed by atoms with E-state index in [0.717, 1.165) is 37.4 Å². The van der Waals surface area contributed by atoms with Crippen molar-refractivity contribution in [2.24, 2.45) is 11.7 Å². The van der Waals surface area contributed by atoms with Crippen molar-refractivity contribution < 1.29 is 4.79 Å². The van der Waals surface area contributed by atoms with Crippen LogP contribution in [0.3, 0.4) is 0 Å². The van der Waals surface area contributed by atoms with Gasteiger partial charge >= 0.3 is 0 Å². The lowest BCUT2D eigenvalue weighted by Gasteiger charge is -2.22. The number of rotatable bonds is 8. The van der Waals surface area contributed by atoms with Crippen molar-refractivity contribution >= 4 is 17.7 Å². The standard InChI is InChI=1S/C21H26N2OS/c22-21(24)20(17-8-3-1-4-9-17)18-12-14-23(16-18)13-7-15-25-19-10-5-2-6-11-19/h1-6,8-11,18,20H,7,12-16H2,(H2,22,24)/t18-,20?/m0/s1. The predicted octanol–water partition coefficient (Wildman–Crippen LogP) is 3.76. The number of carbonyl (C=O) groups excluding carboxylic acids is 1. The van der Waals surface area contributed by atoms with Gasteiger partial charge < -0.3 is 10.6 Å². The molecular weight excluding hydrogens is 328 g/mol. The van der Waals surface area contributed by atoms with E-state index in [1.165, 1.54) is 11.3 Å². The molecule has 1 aliphatic rings. The molecule has 2 N–H and O–H groups in total. The fourth-order valence-electron chi connectivity index (χ4n) is 3.66. The SMILES string of the molecule is NC(=O)C(c1ccccc1)[C@H]1CCN(CCCSc2ccccc2)C1. The number of likely N-dealkylation sites (tertiary alicyclic amines) is 1. The van der Waals surface area contributed by atoms with Crippen LogP contribution in [-0.4, -0.2) is 36.2 Å². The maximum Gasteiger partial charge on any atom is 0.225 e. The number of carbonyl (C=O) groups is 1. The van der Waals surface area contributed by atoms with E-state index in [-0.39, 0.29) is 11.8 Å². The Bertz CT molecular complexity index is 662. The molecule has 0 radical (unpaired) electrons. The molecule has 0 saturated carbocycles. The van der Waals surface area contributed by atoms with Crippen molar-refractivity contribution in [2.75, 3.05) is 25.4 Å². The van der Waals surface area contributed by atoms with E-state index in [9.17, 15) is 4.79 Å². The number of thioether (sulfide) groups is 1. The minimum atomic E-state index is -0.197. The van der Waals surface area contributed by atoms with Gasteiger partial charge in [-0.15, -0.1) is 11.8 Å². The Labute approximate surface area is 154 Å². The summed E-state index contributed by atoms with van der Waals surface area (Å²) in [5, 5.41) is 0. The first-order valence-electron chi connectivity index (χ1n) is 8.98. The third-order valence-corrected chi connectivity index (χ3v) is 5.97. The number of primary amides is 1. The second-order valence-corrected chi connectivity index (χ2v) is 7.82. The van der Waals surface area contributed by atoms with Crippen molar-refractivity contribution in [3.05, 3.63) is 66.2 Å². The van der Waals surface area contributed by atoms with E-state index in [1.807, 2.05) is 42.1 Å². The van der Waals surface area contributed by atoms with E-state index in [0.29, 0.717) is 5.92 Å². The van der Waals surface area contributed by atoms with Crippen LogP contribution >= 0.6 is 11.8 Å². The first-order valence-corrected chi connectivity index (χ1v) is 9.97. The normalized spacial score (nSPS) is 19.0. The summed E-state index contributed by atoms with van der Waals surface area (Å²) in [6, 6.07) is 20.5. The van der Waals surface area contributed by atoms with E-state index in [2.05, 4.69) is 35.2 Å². The minimum absolute atomic E-state index is 0.162. The predicted molar refractivity (Wildman–Crippen MR) is 105 cm³/mol. The number of nitrogens with zero attached hydrogens (tertiary/aromatic N) is 1. The summed E-state index contributed by atoms with van der Waals surface area (Å²) in [5.74, 6) is 1.10. The second-order valence-electron chi connectivity index (χ2n) is 6.66. The molecule has 0 spiro atoms. The smallest absolute Gasteiger partial charge is 0.225 e. The van der Waals surface area contributed by atoms with Crippen LogP contribution in [0.1, 0.15) is 24.3 Å². The quantitative estimate of drug-likeness (QED) is 0.580. The van der Waals surface area contributed by atoms with Crippen LogP contribution in [-0.2, 0) is 4.79 Å². The van der Waals surface area contributed by atoms with Crippen molar-refractivity contribution in [2.45, 2.75) is 23.7 Å². The van der Waals surface area contributed by atoms with Crippen LogP contribution in [0.2, 0.25) is 0 Å². The summed E-state index contributed by atoms with van der Waals surface area (Å²) in [7, 11) is 0. The zero-order valence-electron chi connectivity index (χ0n) is 14.5. The molecule has 132 valence electrons. The maximum absolute atomic E-state index is 12.0.